The van der Waals surface area contributed by atoms with Crippen LogP contribution >= 0.6 is 0 Å². The summed E-state index contributed by atoms with van der Waals surface area (Å²) < 4.78 is 0. The summed E-state index contributed by atoms with van der Waals surface area (Å²) in [6.45, 7) is 3.90. The summed E-state index contributed by atoms with van der Waals surface area (Å²) in [5, 5.41) is 8.71. The summed E-state index contributed by atoms with van der Waals surface area (Å²) in [6, 6.07) is 0. The number of nitrogens with one attached hydrogen (secondary N) is 1. The van der Waals surface area contributed by atoms with E-state index in [9.17, 15) is 9.59 Å². The van der Waals surface area contributed by atoms with E-state index in [4.69, 9.17) is 5.21 Å². The molecule has 4 nitrogen and oxygen atoms in total. The first kappa shape index (κ1) is 9.65. The molecule has 2 fully saturated rings. The normalized spacial score (nSPS) is 38.8. The lowest BCUT2D eigenvalue weighted by Gasteiger charge is -2.33. The Morgan fingerprint density at radius 3 is 2.57 bits per heavy atom. The molecule has 78 valence electrons. The Balaban J connectivity index is 2.49. The molecular formula is C10H15NO3. The van der Waals surface area contributed by atoms with Gasteiger partial charge >= 0.3 is 0 Å². The van der Waals surface area contributed by atoms with E-state index in [0.717, 1.165) is 6.42 Å². The minimum Gasteiger partial charge on any atom is -0.298 e. The van der Waals surface area contributed by atoms with Crippen molar-refractivity contribution < 1.29 is 14.8 Å². The summed E-state index contributed by atoms with van der Waals surface area (Å²) in [5.41, 5.74) is 0.377. The van der Waals surface area contributed by atoms with E-state index in [1.54, 1.807) is 5.48 Å². The molecule has 0 aromatic rings. The molecule has 0 aliphatic heterocycles. The average molecular weight is 197 g/mol. The fourth-order valence-electron chi connectivity index (χ4n) is 3.30. The first-order chi connectivity index (χ1) is 6.46. The van der Waals surface area contributed by atoms with Crippen molar-refractivity contribution in [1.82, 2.24) is 5.48 Å². The van der Waals surface area contributed by atoms with Gasteiger partial charge in [-0.3, -0.25) is 14.8 Å². The van der Waals surface area contributed by atoms with Gasteiger partial charge < -0.3 is 0 Å². The SMILES string of the molecule is CC1(C)C2CC[C@@]1(C(=O)NO)C(=O)C2. The van der Waals surface area contributed by atoms with Gasteiger partial charge in [-0.05, 0) is 24.2 Å². The first-order valence-corrected chi connectivity index (χ1v) is 4.94. The molecule has 0 aromatic carbocycles. The molecule has 1 amide bonds. The fourth-order valence-corrected chi connectivity index (χ4v) is 3.30. The Morgan fingerprint density at radius 2 is 2.21 bits per heavy atom. The van der Waals surface area contributed by atoms with Crippen LogP contribution in [0.15, 0.2) is 0 Å². The fraction of sp³-hybridized carbons (Fsp3) is 0.800. The summed E-state index contributed by atoms with van der Waals surface area (Å²) in [4.78, 5) is 23.4. The van der Waals surface area contributed by atoms with Crippen LogP contribution in [0.3, 0.4) is 0 Å². The van der Waals surface area contributed by atoms with E-state index < -0.39 is 11.3 Å². The van der Waals surface area contributed by atoms with Crippen molar-refractivity contribution in [2.24, 2.45) is 16.7 Å². The molecule has 0 spiro atoms. The molecule has 2 rings (SSSR count). The number of hydroxylamine groups is 1. The van der Waals surface area contributed by atoms with Gasteiger partial charge in [0, 0.05) is 6.42 Å². The van der Waals surface area contributed by atoms with Gasteiger partial charge in [-0.25, -0.2) is 5.48 Å². The van der Waals surface area contributed by atoms with Crippen molar-refractivity contribution in [3.63, 3.8) is 0 Å². The van der Waals surface area contributed by atoms with Crippen molar-refractivity contribution in [3.05, 3.63) is 0 Å². The largest absolute Gasteiger partial charge is 0.298 e. The second-order valence-corrected chi connectivity index (χ2v) is 4.93. The zero-order chi connectivity index (χ0) is 10.6. The quantitative estimate of drug-likeness (QED) is 0.372. The van der Waals surface area contributed by atoms with Crippen molar-refractivity contribution >= 4 is 11.7 Å². The Kier molecular flexibility index (Phi) is 1.77. The maximum Gasteiger partial charge on any atom is 0.257 e. The van der Waals surface area contributed by atoms with E-state index >= 15 is 0 Å². The number of Topliss-reactive ketones (excluding diaryl/α,β-unsaturated/α-hetero) is 1. The van der Waals surface area contributed by atoms with Crippen LogP contribution < -0.4 is 5.48 Å². The standard InChI is InChI=1S/C10H15NO3/c1-9(2)6-3-4-10(9,7(12)5-6)8(13)11-14/h6,14H,3-5H2,1-2H3,(H,11,13)/t6?,10-/m0/s1. The van der Waals surface area contributed by atoms with Crippen LogP contribution in [0, 0.1) is 16.7 Å². The Bertz CT molecular complexity index is 310. The number of rotatable bonds is 1. The predicted molar refractivity (Wildman–Crippen MR) is 48.5 cm³/mol. The van der Waals surface area contributed by atoms with Gasteiger partial charge in [-0.2, -0.15) is 0 Å². The highest BCUT2D eigenvalue weighted by Gasteiger charge is 2.68. The highest BCUT2D eigenvalue weighted by atomic mass is 16.5. The third-order valence-electron chi connectivity index (χ3n) is 4.39. The molecule has 4 heteroatoms. The molecular weight excluding hydrogens is 182 g/mol. The van der Waals surface area contributed by atoms with Gasteiger partial charge in [-0.1, -0.05) is 13.8 Å². The number of hydrogen-bond donors (Lipinski definition) is 2. The molecule has 0 saturated heterocycles. The molecule has 2 aliphatic carbocycles. The lowest BCUT2D eigenvalue weighted by Crippen LogP contribution is -2.48. The molecule has 2 saturated carbocycles. The van der Waals surface area contributed by atoms with Crippen LogP contribution in [0.1, 0.15) is 33.1 Å². The topological polar surface area (TPSA) is 66.4 Å². The van der Waals surface area contributed by atoms with Crippen molar-refractivity contribution in [1.29, 1.82) is 0 Å². The highest BCUT2D eigenvalue weighted by molar-refractivity contribution is 6.09. The van der Waals surface area contributed by atoms with Crippen molar-refractivity contribution in [2.75, 3.05) is 0 Å². The Hall–Kier alpha value is -0.900. The zero-order valence-corrected chi connectivity index (χ0v) is 8.46. The zero-order valence-electron chi connectivity index (χ0n) is 8.46. The van der Waals surface area contributed by atoms with Crippen LogP contribution in [-0.4, -0.2) is 16.9 Å². The van der Waals surface area contributed by atoms with Crippen LogP contribution in [-0.2, 0) is 9.59 Å². The maximum atomic E-state index is 11.8. The van der Waals surface area contributed by atoms with Gasteiger partial charge in [0.15, 0.2) is 0 Å². The second kappa shape index (κ2) is 2.57. The lowest BCUT2D eigenvalue weighted by atomic mass is 9.68. The Morgan fingerprint density at radius 1 is 1.57 bits per heavy atom. The first-order valence-electron chi connectivity index (χ1n) is 4.94. The molecule has 2 bridgehead atoms. The molecule has 2 aliphatic rings. The van der Waals surface area contributed by atoms with Gasteiger partial charge in [0.05, 0.1) is 0 Å². The van der Waals surface area contributed by atoms with Crippen LogP contribution in [0.25, 0.3) is 0 Å². The van der Waals surface area contributed by atoms with E-state index in [1.807, 2.05) is 13.8 Å². The number of carbonyl (C=O) groups excluding carboxylic acids is 2. The maximum absolute atomic E-state index is 11.8. The highest BCUT2D eigenvalue weighted by Crippen LogP contribution is 2.63. The predicted octanol–water partition coefficient (Wildman–Crippen LogP) is 0.887. The third-order valence-corrected chi connectivity index (χ3v) is 4.39. The summed E-state index contributed by atoms with van der Waals surface area (Å²) >= 11 is 0. The number of hydrogen-bond acceptors (Lipinski definition) is 3. The summed E-state index contributed by atoms with van der Waals surface area (Å²) in [7, 11) is 0. The number of carbonyl (C=O) groups is 2. The van der Waals surface area contributed by atoms with Crippen LogP contribution in [0.5, 0.6) is 0 Å². The van der Waals surface area contributed by atoms with Crippen molar-refractivity contribution in [3.8, 4) is 0 Å². The summed E-state index contributed by atoms with van der Waals surface area (Å²) in [5.74, 6) is -0.231. The second-order valence-electron chi connectivity index (χ2n) is 4.93. The van der Waals surface area contributed by atoms with Gasteiger partial charge in [-0.15, -0.1) is 0 Å². The van der Waals surface area contributed by atoms with E-state index in [2.05, 4.69) is 0 Å². The molecule has 14 heavy (non-hydrogen) atoms. The van der Waals surface area contributed by atoms with Gasteiger partial charge in [0.1, 0.15) is 11.2 Å². The molecule has 0 radical (unpaired) electrons. The number of ketones is 1. The molecule has 2 atom stereocenters. The third kappa shape index (κ3) is 0.780. The van der Waals surface area contributed by atoms with Crippen LogP contribution in [0.2, 0.25) is 0 Å². The molecule has 0 aromatic heterocycles. The van der Waals surface area contributed by atoms with Gasteiger partial charge in [0.25, 0.3) is 5.91 Å². The average Bonchev–Trinajstić information content (AvgIpc) is 2.49. The smallest absolute Gasteiger partial charge is 0.257 e. The molecule has 2 N–H and O–H groups in total. The monoisotopic (exact) mass is 197 g/mol. The minimum absolute atomic E-state index is 0.00898. The molecule has 1 unspecified atom stereocenters. The van der Waals surface area contributed by atoms with E-state index in [-0.39, 0.29) is 11.2 Å². The van der Waals surface area contributed by atoms with Gasteiger partial charge in [0.2, 0.25) is 0 Å². The molecule has 0 heterocycles. The Labute approximate surface area is 82.6 Å². The minimum atomic E-state index is -0.966. The van der Waals surface area contributed by atoms with Crippen LogP contribution in [0.4, 0.5) is 0 Å². The number of amides is 1. The van der Waals surface area contributed by atoms with E-state index in [1.165, 1.54) is 0 Å². The number of fused-ring (bicyclic) bond motifs is 2. The lowest BCUT2D eigenvalue weighted by molar-refractivity contribution is -0.151. The van der Waals surface area contributed by atoms with E-state index in [0.29, 0.717) is 18.8 Å². The summed E-state index contributed by atoms with van der Waals surface area (Å²) in [6.07, 6.45) is 1.97. The van der Waals surface area contributed by atoms with Crippen molar-refractivity contribution in [2.45, 2.75) is 33.1 Å².